The minimum atomic E-state index is -1.55. The molecule has 3 aliphatic heterocycles. The van der Waals surface area contributed by atoms with Crippen molar-refractivity contribution in [2.24, 2.45) is 0 Å². The van der Waals surface area contributed by atoms with E-state index in [1.807, 2.05) is 0 Å². The fourth-order valence-electron chi connectivity index (χ4n) is 8.83. The molecule has 15 atom stereocenters. The quantitative estimate of drug-likeness (QED) is 0.0153. The molecule has 0 bridgehead atoms. The van der Waals surface area contributed by atoms with Crippen LogP contribution in [-0.4, -0.2) is 409 Å². The van der Waals surface area contributed by atoms with Crippen LogP contribution in [0.15, 0.2) is 0 Å². The molecule has 14 N–H and O–H groups in total. The molecule has 3 heterocycles. The summed E-state index contributed by atoms with van der Waals surface area (Å²) < 4.78 is 121. The van der Waals surface area contributed by atoms with Gasteiger partial charge in [-0.25, -0.2) is 0 Å². The second kappa shape index (κ2) is 55.7. The van der Waals surface area contributed by atoms with Crippen LogP contribution in [0.3, 0.4) is 0 Å². The van der Waals surface area contributed by atoms with Crippen LogP contribution in [0.2, 0.25) is 0 Å². The van der Waals surface area contributed by atoms with Crippen molar-refractivity contribution in [2.45, 2.75) is 123 Å². The van der Waals surface area contributed by atoms with Gasteiger partial charge in [0.05, 0.1) is 212 Å². The molecule has 2 amide bonds. The molecule has 0 aromatic heterocycles. The number of methoxy groups -OCH3 is 1. The van der Waals surface area contributed by atoms with Gasteiger partial charge in [-0.15, -0.1) is 0 Å². The van der Waals surface area contributed by atoms with Gasteiger partial charge in [-0.3, -0.25) is 14.4 Å². The lowest BCUT2D eigenvalue weighted by atomic mass is 9.99. The Hall–Kier alpha value is -2.91. The summed E-state index contributed by atoms with van der Waals surface area (Å²) in [6, 6.07) is 0. The zero-order valence-electron chi connectivity index (χ0n) is 55.1. The van der Waals surface area contributed by atoms with Gasteiger partial charge in [0.15, 0.2) is 18.9 Å². The average Bonchev–Trinajstić information content (AvgIpc) is 0.873. The predicted molar refractivity (Wildman–Crippen MR) is 321 cm³/mol. The van der Waals surface area contributed by atoms with Crippen LogP contribution in [0.4, 0.5) is 0 Å². The van der Waals surface area contributed by atoms with Crippen LogP contribution in [0.25, 0.3) is 0 Å². The Bertz CT molecular complexity index is 1760. The zero-order chi connectivity index (χ0) is 70.7. The summed E-state index contributed by atoms with van der Waals surface area (Å²) in [5.74, 6) is -1.47. The Kier molecular flexibility index (Phi) is 50.7. The lowest BCUT2D eigenvalue weighted by Crippen LogP contribution is -2.60. The van der Waals surface area contributed by atoms with Gasteiger partial charge in [-0.2, -0.15) is 0 Å². The number of ether oxygens (including phenoxy) is 22. The van der Waals surface area contributed by atoms with Gasteiger partial charge < -0.3 is 176 Å². The van der Waals surface area contributed by atoms with E-state index in [1.54, 1.807) is 0 Å². The van der Waals surface area contributed by atoms with Gasteiger partial charge in [0.2, 0.25) is 11.8 Å². The van der Waals surface area contributed by atoms with E-state index in [1.165, 1.54) is 7.11 Å². The highest BCUT2D eigenvalue weighted by atomic mass is 16.7. The highest BCUT2D eigenvalue weighted by molar-refractivity contribution is 5.85. The average molecular weight is 1430 g/mol. The number of rotatable bonds is 62. The summed E-state index contributed by atoms with van der Waals surface area (Å²) in [6.07, 6.45) is -19.8. The first kappa shape index (κ1) is 88.3. The molecule has 3 rings (SSSR count). The monoisotopic (exact) mass is 1420 g/mol. The summed E-state index contributed by atoms with van der Waals surface area (Å²) in [5, 5.41) is 123. The number of unbranched alkanes of at least 4 members (excludes halogenated alkanes) is 1. The van der Waals surface area contributed by atoms with Crippen molar-refractivity contribution in [1.82, 2.24) is 10.6 Å². The van der Waals surface area contributed by atoms with E-state index in [2.05, 4.69) is 15.4 Å². The predicted octanol–water partition coefficient (Wildman–Crippen LogP) is -8.74. The molecule has 3 aliphatic rings. The Balaban J connectivity index is 1.41. The lowest BCUT2D eigenvalue weighted by Gasteiger charge is -2.39. The number of nitrogens with one attached hydrogen (secondary N) is 2. The summed E-state index contributed by atoms with van der Waals surface area (Å²) >= 11 is 0. The Labute approximate surface area is 562 Å². The highest BCUT2D eigenvalue weighted by Gasteiger charge is 2.46. The van der Waals surface area contributed by atoms with E-state index in [0.29, 0.717) is 12.8 Å². The highest BCUT2D eigenvalue weighted by Crippen LogP contribution is 2.24. The number of amides is 2. The van der Waals surface area contributed by atoms with Crippen molar-refractivity contribution < 1.29 is 180 Å². The van der Waals surface area contributed by atoms with Crippen LogP contribution in [-0.2, 0) is 119 Å². The first-order chi connectivity index (χ1) is 47.0. The van der Waals surface area contributed by atoms with Crippen molar-refractivity contribution in [1.29, 1.82) is 0 Å². The fourth-order valence-corrected chi connectivity index (χ4v) is 8.83. The number of carbonyl (C=O) groups excluding carboxylic acids is 3. The number of aliphatic hydroxyl groups excluding tert-OH is 12. The molecule has 39 heteroatoms. The molecule has 39 nitrogen and oxygen atoms in total. The molecule has 572 valence electrons. The first-order valence-corrected chi connectivity index (χ1v) is 32.1. The SMILES string of the molecule is COC(=O)CCCCC(=O)NCC(=O)NC(COCOCCOCCOCCOCCO[C@H]1O[C@@H](CO)[C@@H](O)[C@@H](O)[C@@H]1O)(COCOCCOCCOCCOCCO[C@H]1O[C@@H](CO)[C@@H](O)[C@@H](O)[C@@H]1O)COCOCCOCCOCCOCCO[C@H]1O[C@@H](CO)[C@@H](O)[C@@H](O)[C@@H]1O. The van der Waals surface area contributed by atoms with Crippen molar-refractivity contribution in [2.75, 3.05) is 232 Å². The molecule has 0 aromatic carbocycles. The van der Waals surface area contributed by atoms with E-state index in [0.717, 1.165) is 0 Å². The van der Waals surface area contributed by atoms with Gasteiger partial charge in [-0.1, -0.05) is 0 Å². The largest absolute Gasteiger partial charge is 0.469 e. The molecule has 0 unspecified atom stereocenters. The number of hydrogen-bond donors (Lipinski definition) is 14. The molecule has 3 saturated heterocycles. The maximum atomic E-state index is 13.5. The van der Waals surface area contributed by atoms with E-state index in [9.17, 15) is 75.7 Å². The van der Waals surface area contributed by atoms with E-state index < -0.39 is 142 Å². The molecular formula is C58H108N2O37. The molecule has 0 spiro atoms. The molecule has 0 radical (unpaired) electrons. The van der Waals surface area contributed by atoms with Crippen LogP contribution in [0.5, 0.6) is 0 Å². The van der Waals surface area contributed by atoms with E-state index >= 15 is 0 Å². The third-order valence-electron chi connectivity index (χ3n) is 14.2. The van der Waals surface area contributed by atoms with Gasteiger partial charge in [0.1, 0.15) is 99.2 Å². The standard InChI is InChI=1S/C58H108N2O37/c1-76-45(66)5-3-2-4-43(64)59-30-44(65)60-58(34-89-37-86-21-18-80-9-6-77-12-15-83-24-27-92-55-52(73)49(70)46(67)40(31-61)95-55,35-90-38-87-22-19-81-10-7-78-13-16-84-25-28-93-56-53(74)50(71)47(68)41(32-62)96-56)36-91-39-88-23-20-82-11-8-79-14-17-85-26-29-94-57-54(75)51(72)48(69)42(33-63)97-57/h40-42,46-57,61-63,67-75H,2-39H2,1H3,(H,59,64)(H,60,65)/t40-,41-,42-,46+,47+,48+,49+,50+,51+,52-,53-,54-,55-,56-,57-/m0/s1. The topological polar surface area (TPSA) is 521 Å². The number of aliphatic hydroxyl groups is 12. The number of esters is 1. The van der Waals surface area contributed by atoms with E-state index in [4.69, 9.17) is 99.5 Å². The Morgan fingerprint density at radius 2 is 0.608 bits per heavy atom. The normalized spacial score (nSPS) is 26.1. The van der Waals surface area contributed by atoms with Crippen molar-refractivity contribution in [3.8, 4) is 0 Å². The molecule has 0 aromatic rings. The molecule has 0 saturated carbocycles. The van der Waals surface area contributed by atoms with Crippen LogP contribution in [0.1, 0.15) is 25.7 Å². The fraction of sp³-hybridized carbons (Fsp3) is 0.948. The third-order valence-corrected chi connectivity index (χ3v) is 14.2. The van der Waals surface area contributed by atoms with Crippen LogP contribution < -0.4 is 10.6 Å². The minimum absolute atomic E-state index is 0.0110. The minimum Gasteiger partial charge on any atom is -0.469 e. The smallest absolute Gasteiger partial charge is 0.305 e. The molecular weight excluding hydrogens is 1320 g/mol. The van der Waals surface area contributed by atoms with E-state index in [-0.39, 0.29) is 212 Å². The van der Waals surface area contributed by atoms with Gasteiger partial charge in [-0.05, 0) is 12.8 Å². The number of carbonyl (C=O) groups is 3. The van der Waals surface area contributed by atoms with Crippen LogP contribution >= 0.6 is 0 Å². The maximum Gasteiger partial charge on any atom is 0.305 e. The van der Waals surface area contributed by atoms with Gasteiger partial charge in [0.25, 0.3) is 0 Å². The molecule has 0 aliphatic carbocycles. The lowest BCUT2D eigenvalue weighted by molar-refractivity contribution is -0.302. The summed E-state index contributed by atoms with van der Waals surface area (Å²) in [4.78, 5) is 37.7. The third kappa shape index (κ3) is 38.3. The van der Waals surface area contributed by atoms with Crippen molar-refractivity contribution in [3.05, 3.63) is 0 Å². The second-order valence-corrected chi connectivity index (χ2v) is 21.7. The zero-order valence-corrected chi connectivity index (χ0v) is 55.1. The maximum absolute atomic E-state index is 13.5. The summed E-state index contributed by atoms with van der Waals surface area (Å²) in [6.45, 7) is 0.0345. The Morgan fingerprint density at radius 3 is 0.887 bits per heavy atom. The first-order valence-electron chi connectivity index (χ1n) is 32.1. The van der Waals surface area contributed by atoms with Crippen molar-refractivity contribution in [3.63, 3.8) is 0 Å². The Morgan fingerprint density at radius 1 is 0.340 bits per heavy atom. The number of hydrogen-bond acceptors (Lipinski definition) is 37. The summed E-state index contributed by atoms with van der Waals surface area (Å²) in [7, 11) is 1.27. The van der Waals surface area contributed by atoms with Gasteiger partial charge in [0, 0.05) is 12.8 Å². The molecule has 3 fully saturated rings. The molecule has 97 heavy (non-hydrogen) atoms. The van der Waals surface area contributed by atoms with Gasteiger partial charge >= 0.3 is 5.97 Å². The second-order valence-electron chi connectivity index (χ2n) is 21.7. The van der Waals surface area contributed by atoms with Crippen molar-refractivity contribution >= 4 is 17.8 Å². The summed E-state index contributed by atoms with van der Waals surface area (Å²) in [5.41, 5.74) is -1.43. The van der Waals surface area contributed by atoms with Crippen LogP contribution in [0, 0.1) is 0 Å².